The maximum absolute atomic E-state index is 12.1. The first kappa shape index (κ1) is 15.0. The molecule has 1 amide bonds. The van der Waals surface area contributed by atoms with E-state index >= 15 is 0 Å². The largest absolute Gasteiger partial charge is 0.481 e. The summed E-state index contributed by atoms with van der Waals surface area (Å²) in [6, 6.07) is -0.402. The van der Waals surface area contributed by atoms with Gasteiger partial charge >= 0.3 is 5.97 Å². The van der Waals surface area contributed by atoms with Gasteiger partial charge in [-0.2, -0.15) is 0 Å². The van der Waals surface area contributed by atoms with Gasteiger partial charge in [-0.3, -0.25) is 9.59 Å². The molecular weight excluding hydrogens is 232 g/mol. The molecule has 0 aromatic rings. The summed E-state index contributed by atoms with van der Waals surface area (Å²) in [6.07, 6.45) is 3.75. The van der Waals surface area contributed by atoms with Crippen molar-refractivity contribution < 1.29 is 14.7 Å². The van der Waals surface area contributed by atoms with Gasteiger partial charge in [0.25, 0.3) is 0 Å². The topological polar surface area (TPSA) is 92.4 Å². The molecular formula is C13H24N2O3. The van der Waals surface area contributed by atoms with Crippen LogP contribution in [0.2, 0.25) is 0 Å². The van der Waals surface area contributed by atoms with Crippen LogP contribution in [0.3, 0.4) is 0 Å². The number of hydrogen-bond donors (Lipinski definition) is 3. The summed E-state index contributed by atoms with van der Waals surface area (Å²) < 4.78 is 0. The average Bonchev–Trinajstić information content (AvgIpc) is 2.27. The Morgan fingerprint density at radius 1 is 1.33 bits per heavy atom. The van der Waals surface area contributed by atoms with E-state index in [1.54, 1.807) is 0 Å². The Morgan fingerprint density at radius 2 is 1.94 bits per heavy atom. The first-order chi connectivity index (χ1) is 8.41. The van der Waals surface area contributed by atoms with E-state index < -0.39 is 5.97 Å². The second-order valence-electron chi connectivity index (χ2n) is 5.51. The predicted molar refractivity (Wildman–Crippen MR) is 69.0 cm³/mol. The van der Waals surface area contributed by atoms with Gasteiger partial charge in [-0.15, -0.1) is 0 Å². The number of carbonyl (C=O) groups excluding carboxylic acids is 1. The second-order valence-corrected chi connectivity index (χ2v) is 5.51. The van der Waals surface area contributed by atoms with Gasteiger partial charge in [0, 0.05) is 12.1 Å². The van der Waals surface area contributed by atoms with Crippen LogP contribution >= 0.6 is 0 Å². The van der Waals surface area contributed by atoms with Crippen LogP contribution in [0.25, 0.3) is 0 Å². The zero-order chi connectivity index (χ0) is 13.7. The van der Waals surface area contributed by atoms with Crippen LogP contribution in [0.1, 0.15) is 46.0 Å². The Bertz CT molecular complexity index is 305. The fourth-order valence-corrected chi connectivity index (χ4v) is 2.42. The molecule has 0 aromatic carbocycles. The minimum atomic E-state index is -0.887. The maximum atomic E-state index is 12.1. The van der Waals surface area contributed by atoms with Gasteiger partial charge in [-0.25, -0.2) is 0 Å². The minimum absolute atomic E-state index is 0.0363. The number of hydrogen-bond acceptors (Lipinski definition) is 3. The van der Waals surface area contributed by atoms with Crippen molar-refractivity contribution in [2.75, 3.05) is 0 Å². The van der Waals surface area contributed by atoms with Crippen molar-refractivity contribution in [1.82, 2.24) is 5.32 Å². The Kier molecular flexibility index (Phi) is 5.59. The molecule has 104 valence electrons. The lowest BCUT2D eigenvalue weighted by Crippen LogP contribution is -2.48. The zero-order valence-electron chi connectivity index (χ0n) is 11.2. The molecule has 1 aliphatic rings. The number of aliphatic carboxylic acids is 1. The summed E-state index contributed by atoms with van der Waals surface area (Å²) in [7, 11) is 0. The molecule has 18 heavy (non-hydrogen) atoms. The number of carbonyl (C=O) groups is 2. The Balaban J connectivity index is 2.57. The van der Waals surface area contributed by atoms with Crippen molar-refractivity contribution in [2.24, 2.45) is 17.6 Å². The Labute approximate surface area is 108 Å². The van der Waals surface area contributed by atoms with Gasteiger partial charge in [0.2, 0.25) is 5.91 Å². The molecule has 1 saturated carbocycles. The smallest absolute Gasteiger partial charge is 0.305 e. The molecule has 1 aliphatic carbocycles. The summed E-state index contributed by atoms with van der Waals surface area (Å²) in [5, 5.41) is 11.7. The van der Waals surface area contributed by atoms with Crippen molar-refractivity contribution in [3.05, 3.63) is 0 Å². The third-order valence-corrected chi connectivity index (χ3v) is 3.68. The molecule has 0 heterocycles. The number of carboxylic acid groups (broad SMARTS) is 1. The highest BCUT2D eigenvalue weighted by Crippen LogP contribution is 2.23. The number of nitrogens with one attached hydrogen (secondary N) is 1. The summed E-state index contributed by atoms with van der Waals surface area (Å²) in [6.45, 7) is 3.82. The van der Waals surface area contributed by atoms with Crippen LogP contribution in [0, 0.1) is 11.8 Å². The van der Waals surface area contributed by atoms with Crippen molar-refractivity contribution in [2.45, 2.75) is 58.0 Å². The van der Waals surface area contributed by atoms with E-state index in [0.29, 0.717) is 0 Å². The molecule has 4 N–H and O–H groups in total. The molecule has 0 spiro atoms. The van der Waals surface area contributed by atoms with E-state index in [4.69, 9.17) is 10.8 Å². The molecule has 0 aromatic heterocycles. The number of amides is 1. The molecule has 0 aliphatic heterocycles. The van der Waals surface area contributed by atoms with E-state index in [-0.39, 0.29) is 36.2 Å². The van der Waals surface area contributed by atoms with Gasteiger partial charge in [0.1, 0.15) is 0 Å². The van der Waals surface area contributed by atoms with Gasteiger partial charge in [-0.1, -0.05) is 26.7 Å². The monoisotopic (exact) mass is 256 g/mol. The first-order valence-corrected chi connectivity index (χ1v) is 6.69. The molecule has 5 nitrogen and oxygen atoms in total. The van der Waals surface area contributed by atoms with E-state index in [0.717, 1.165) is 25.7 Å². The van der Waals surface area contributed by atoms with Crippen LogP contribution in [-0.4, -0.2) is 29.1 Å². The molecule has 0 saturated heterocycles. The quantitative estimate of drug-likeness (QED) is 0.687. The van der Waals surface area contributed by atoms with E-state index in [1.807, 2.05) is 13.8 Å². The highest BCUT2D eigenvalue weighted by atomic mass is 16.4. The number of carboxylic acids is 1. The molecule has 3 atom stereocenters. The van der Waals surface area contributed by atoms with Gasteiger partial charge in [0.05, 0.1) is 12.3 Å². The van der Waals surface area contributed by atoms with Crippen molar-refractivity contribution >= 4 is 11.9 Å². The first-order valence-electron chi connectivity index (χ1n) is 6.69. The normalized spacial score (nSPS) is 25.8. The molecule has 3 unspecified atom stereocenters. The van der Waals surface area contributed by atoms with Crippen LogP contribution in [0.4, 0.5) is 0 Å². The third kappa shape index (κ3) is 4.29. The number of rotatable bonds is 5. The molecule has 1 rings (SSSR count). The fourth-order valence-electron chi connectivity index (χ4n) is 2.42. The maximum Gasteiger partial charge on any atom is 0.305 e. The van der Waals surface area contributed by atoms with Crippen molar-refractivity contribution in [3.8, 4) is 0 Å². The summed E-state index contributed by atoms with van der Waals surface area (Å²) in [5.41, 5.74) is 5.96. The predicted octanol–water partition coefficient (Wildman–Crippen LogP) is 1.12. The molecule has 1 fully saturated rings. The highest BCUT2D eigenvalue weighted by Gasteiger charge is 2.30. The van der Waals surface area contributed by atoms with Crippen molar-refractivity contribution in [3.63, 3.8) is 0 Å². The van der Waals surface area contributed by atoms with Crippen LogP contribution in [-0.2, 0) is 9.59 Å². The lowest BCUT2D eigenvalue weighted by atomic mass is 9.84. The highest BCUT2D eigenvalue weighted by molar-refractivity contribution is 5.80. The van der Waals surface area contributed by atoms with E-state index in [9.17, 15) is 9.59 Å². The molecule has 0 bridgehead atoms. The average molecular weight is 256 g/mol. The van der Waals surface area contributed by atoms with Crippen molar-refractivity contribution in [1.29, 1.82) is 0 Å². The fraction of sp³-hybridized carbons (Fsp3) is 0.846. The molecule has 5 heteroatoms. The summed E-state index contributed by atoms with van der Waals surface area (Å²) in [5.74, 6) is -1.03. The summed E-state index contributed by atoms with van der Waals surface area (Å²) >= 11 is 0. The van der Waals surface area contributed by atoms with Gasteiger partial charge in [0.15, 0.2) is 0 Å². The van der Waals surface area contributed by atoms with Gasteiger partial charge < -0.3 is 16.2 Å². The standard InChI is InChI=1S/C13H24N2O3/c1-8(2)11(7-12(16)17)15-13(18)9-5-3-4-6-10(9)14/h8-11H,3-7,14H2,1-2H3,(H,15,18)(H,16,17). The molecule has 0 radical (unpaired) electrons. The lowest BCUT2D eigenvalue weighted by Gasteiger charge is -2.30. The lowest BCUT2D eigenvalue weighted by molar-refractivity contribution is -0.138. The SMILES string of the molecule is CC(C)C(CC(=O)O)NC(=O)C1CCCCC1N. The van der Waals surface area contributed by atoms with Crippen LogP contribution < -0.4 is 11.1 Å². The van der Waals surface area contributed by atoms with E-state index in [1.165, 1.54) is 0 Å². The third-order valence-electron chi connectivity index (χ3n) is 3.68. The zero-order valence-corrected chi connectivity index (χ0v) is 11.2. The van der Waals surface area contributed by atoms with E-state index in [2.05, 4.69) is 5.32 Å². The van der Waals surface area contributed by atoms with Crippen LogP contribution in [0.5, 0.6) is 0 Å². The second kappa shape index (κ2) is 6.73. The number of nitrogens with two attached hydrogens (primary N) is 1. The Hall–Kier alpha value is -1.10. The minimum Gasteiger partial charge on any atom is -0.481 e. The summed E-state index contributed by atoms with van der Waals surface area (Å²) in [4.78, 5) is 22.9. The van der Waals surface area contributed by atoms with Crippen LogP contribution in [0.15, 0.2) is 0 Å². The Morgan fingerprint density at radius 3 is 2.44 bits per heavy atom. The van der Waals surface area contributed by atoms with Gasteiger partial charge in [-0.05, 0) is 18.8 Å².